The average Bonchev–Trinajstić information content (AvgIpc) is 2.84. The normalized spacial score (nSPS) is 34.2. The molecule has 0 amide bonds. The molecule has 6 nitrogen and oxygen atoms in total. The molecule has 25 heavy (non-hydrogen) atoms. The average molecular weight is 366 g/mol. The molecule has 1 aromatic carbocycles. The first-order valence-corrected chi connectivity index (χ1v) is 10.1. The van der Waals surface area contributed by atoms with Crippen molar-refractivity contribution in [3.8, 4) is 11.5 Å². The van der Waals surface area contributed by atoms with Gasteiger partial charge in [0.1, 0.15) is 5.78 Å². The van der Waals surface area contributed by atoms with Crippen molar-refractivity contribution in [1.29, 1.82) is 0 Å². The Balaban J connectivity index is 1.70. The summed E-state index contributed by atoms with van der Waals surface area (Å²) in [4.78, 5) is 12.3. The molecule has 0 heterocycles. The zero-order valence-electron chi connectivity index (χ0n) is 14.1. The van der Waals surface area contributed by atoms with E-state index < -0.39 is 10.4 Å². The van der Waals surface area contributed by atoms with E-state index in [0.717, 1.165) is 31.2 Å². The van der Waals surface area contributed by atoms with Crippen molar-refractivity contribution >= 4 is 16.2 Å². The van der Waals surface area contributed by atoms with Crippen molar-refractivity contribution in [2.75, 3.05) is 0 Å². The number of hydrogen-bond acceptors (Lipinski definition) is 5. The Morgan fingerprint density at radius 2 is 1.96 bits per heavy atom. The minimum Gasteiger partial charge on any atom is -0.504 e. The van der Waals surface area contributed by atoms with Crippen LogP contribution in [0.3, 0.4) is 0 Å². The molecular weight excluding hydrogens is 344 g/mol. The van der Waals surface area contributed by atoms with Crippen LogP contribution in [-0.2, 0) is 21.6 Å². The summed E-state index contributed by atoms with van der Waals surface area (Å²) in [6, 6.07) is 3.20. The van der Waals surface area contributed by atoms with Crippen LogP contribution in [0.2, 0.25) is 0 Å². The topological polar surface area (TPSA) is 101 Å². The van der Waals surface area contributed by atoms with Crippen LogP contribution in [0.4, 0.5) is 0 Å². The van der Waals surface area contributed by atoms with E-state index in [1.807, 2.05) is 0 Å². The zero-order valence-corrected chi connectivity index (χ0v) is 14.9. The molecule has 4 unspecified atom stereocenters. The molecule has 0 aliphatic heterocycles. The minimum absolute atomic E-state index is 0.200. The summed E-state index contributed by atoms with van der Waals surface area (Å²) in [6.45, 7) is 2.11. The van der Waals surface area contributed by atoms with E-state index in [0.29, 0.717) is 36.0 Å². The first-order valence-electron chi connectivity index (χ1n) is 8.75. The van der Waals surface area contributed by atoms with Gasteiger partial charge in [0, 0.05) is 17.4 Å². The molecular formula is C18H22O6S. The van der Waals surface area contributed by atoms with Gasteiger partial charge in [0.05, 0.1) is 0 Å². The number of hydrogen-bond donors (Lipinski definition) is 2. The van der Waals surface area contributed by atoms with Gasteiger partial charge in [0.2, 0.25) is 0 Å². The minimum atomic E-state index is -4.67. The fraction of sp³-hybridized carbons (Fsp3) is 0.611. The molecule has 2 saturated carbocycles. The van der Waals surface area contributed by atoms with Crippen molar-refractivity contribution in [1.82, 2.24) is 0 Å². The standard InChI is InChI=1S/C18H22O6S/c1-18-9-8-11-10-4-6-15(24-25(21,22)23)17(20)13(10)3-2-12(11)14(18)5-7-16(18)19/h4,6,11-12,14,20H,2-3,5,7-9H2,1H3,(H,21,22,23). The van der Waals surface area contributed by atoms with E-state index in [1.165, 1.54) is 6.07 Å². The molecule has 0 radical (unpaired) electrons. The zero-order chi connectivity index (χ0) is 18.0. The van der Waals surface area contributed by atoms with Gasteiger partial charge in [-0.1, -0.05) is 13.0 Å². The van der Waals surface area contributed by atoms with Gasteiger partial charge in [-0.25, -0.2) is 0 Å². The smallest absolute Gasteiger partial charge is 0.446 e. The van der Waals surface area contributed by atoms with E-state index in [1.54, 1.807) is 6.07 Å². The molecule has 2 N–H and O–H groups in total. The number of Topliss-reactive ketones (excluding diaryl/α,β-unsaturated/α-hetero) is 1. The Labute approximate surface area is 147 Å². The van der Waals surface area contributed by atoms with Crippen LogP contribution in [0.5, 0.6) is 11.5 Å². The molecule has 0 bridgehead atoms. The third-order valence-electron chi connectivity index (χ3n) is 6.75. The van der Waals surface area contributed by atoms with Gasteiger partial charge in [-0.15, -0.1) is 0 Å². The lowest BCUT2D eigenvalue weighted by molar-refractivity contribution is -0.129. The second-order valence-corrected chi connectivity index (χ2v) is 8.85. The van der Waals surface area contributed by atoms with Crippen LogP contribution in [0, 0.1) is 17.3 Å². The molecule has 3 aliphatic carbocycles. The van der Waals surface area contributed by atoms with E-state index in [4.69, 9.17) is 4.55 Å². The number of carbonyl (C=O) groups excluding carboxylic acids is 1. The molecule has 7 heteroatoms. The van der Waals surface area contributed by atoms with Crippen LogP contribution in [0.25, 0.3) is 0 Å². The predicted molar refractivity (Wildman–Crippen MR) is 89.9 cm³/mol. The molecule has 4 atom stereocenters. The Bertz CT molecular complexity index is 845. The number of fused-ring (bicyclic) bond motifs is 5. The molecule has 2 fully saturated rings. The maximum absolute atomic E-state index is 12.3. The van der Waals surface area contributed by atoms with Gasteiger partial charge in [-0.3, -0.25) is 9.35 Å². The van der Waals surface area contributed by atoms with Crippen LogP contribution < -0.4 is 4.18 Å². The summed E-state index contributed by atoms with van der Waals surface area (Å²) >= 11 is 0. The molecule has 4 rings (SSSR count). The highest BCUT2D eigenvalue weighted by Crippen LogP contribution is 2.60. The fourth-order valence-corrected chi connectivity index (χ4v) is 5.94. The Kier molecular flexibility index (Phi) is 3.67. The number of ketones is 1. The van der Waals surface area contributed by atoms with E-state index in [2.05, 4.69) is 11.1 Å². The fourth-order valence-electron chi connectivity index (χ4n) is 5.58. The number of phenolic OH excluding ortho intramolecular Hbond substituents is 1. The summed E-state index contributed by atoms with van der Waals surface area (Å²) in [5, 5.41) is 10.4. The predicted octanol–water partition coefficient (Wildman–Crippen LogP) is 3.00. The van der Waals surface area contributed by atoms with Gasteiger partial charge in [-0.05, 0) is 61.5 Å². The van der Waals surface area contributed by atoms with Crippen molar-refractivity contribution in [2.24, 2.45) is 17.3 Å². The molecule has 136 valence electrons. The van der Waals surface area contributed by atoms with Crippen molar-refractivity contribution < 1.29 is 27.1 Å². The Morgan fingerprint density at radius 3 is 2.68 bits per heavy atom. The highest BCUT2D eigenvalue weighted by atomic mass is 32.3. The molecule has 0 saturated heterocycles. The number of carbonyl (C=O) groups is 1. The third kappa shape index (κ3) is 2.56. The number of rotatable bonds is 2. The summed E-state index contributed by atoms with van der Waals surface area (Å²) in [5.74, 6) is 1.04. The summed E-state index contributed by atoms with van der Waals surface area (Å²) in [5.41, 5.74) is 1.53. The van der Waals surface area contributed by atoms with Crippen LogP contribution >= 0.6 is 0 Å². The Hall–Kier alpha value is -1.60. The van der Waals surface area contributed by atoms with Gasteiger partial charge in [0.25, 0.3) is 0 Å². The van der Waals surface area contributed by atoms with E-state index >= 15 is 0 Å². The second kappa shape index (κ2) is 5.45. The van der Waals surface area contributed by atoms with Crippen molar-refractivity contribution in [2.45, 2.75) is 51.4 Å². The van der Waals surface area contributed by atoms with E-state index in [9.17, 15) is 18.3 Å². The molecule has 0 aromatic heterocycles. The summed E-state index contributed by atoms with van der Waals surface area (Å²) < 4.78 is 35.2. The van der Waals surface area contributed by atoms with Crippen LogP contribution in [0.1, 0.15) is 56.1 Å². The largest absolute Gasteiger partial charge is 0.504 e. The monoisotopic (exact) mass is 366 g/mol. The third-order valence-corrected chi connectivity index (χ3v) is 7.14. The maximum Gasteiger partial charge on any atom is 0.446 e. The highest BCUT2D eigenvalue weighted by molar-refractivity contribution is 7.81. The molecule has 0 spiro atoms. The first kappa shape index (κ1) is 16.8. The maximum atomic E-state index is 12.3. The van der Waals surface area contributed by atoms with Gasteiger partial charge in [-0.2, -0.15) is 8.42 Å². The molecule has 3 aliphatic rings. The number of phenols is 1. The van der Waals surface area contributed by atoms with E-state index in [-0.39, 0.29) is 22.8 Å². The quantitative estimate of drug-likeness (QED) is 0.780. The molecule has 1 aromatic rings. The van der Waals surface area contributed by atoms with Gasteiger partial charge >= 0.3 is 10.4 Å². The number of benzene rings is 1. The van der Waals surface area contributed by atoms with Crippen LogP contribution in [-0.4, -0.2) is 23.9 Å². The SMILES string of the molecule is CC12CCC3c4ccc(OS(=O)(=O)O)c(O)c4CCC3C1CCC2=O. The lowest BCUT2D eigenvalue weighted by Gasteiger charge is -2.48. The number of aromatic hydroxyl groups is 1. The van der Waals surface area contributed by atoms with Crippen LogP contribution in [0.15, 0.2) is 12.1 Å². The van der Waals surface area contributed by atoms with Crippen molar-refractivity contribution in [3.05, 3.63) is 23.3 Å². The highest BCUT2D eigenvalue weighted by Gasteiger charge is 2.54. The lowest BCUT2D eigenvalue weighted by Crippen LogP contribution is -2.42. The van der Waals surface area contributed by atoms with Gasteiger partial charge in [0.15, 0.2) is 11.5 Å². The lowest BCUT2D eigenvalue weighted by atomic mass is 9.55. The Morgan fingerprint density at radius 1 is 1.20 bits per heavy atom. The van der Waals surface area contributed by atoms with Crippen molar-refractivity contribution in [3.63, 3.8) is 0 Å². The first-order chi connectivity index (χ1) is 11.7. The summed E-state index contributed by atoms with van der Waals surface area (Å²) in [7, 11) is -4.67. The summed E-state index contributed by atoms with van der Waals surface area (Å²) in [6.07, 6.45) is 4.86. The second-order valence-electron chi connectivity index (χ2n) is 7.82. The van der Waals surface area contributed by atoms with Gasteiger partial charge < -0.3 is 9.29 Å².